The number of amides is 2. The van der Waals surface area contributed by atoms with Crippen molar-refractivity contribution >= 4 is 23.3 Å². The minimum absolute atomic E-state index is 0.0974. The molecule has 6 heteroatoms. The number of hydrogen-bond acceptors (Lipinski definition) is 4. The van der Waals surface area contributed by atoms with E-state index in [9.17, 15) is 18.8 Å². The summed E-state index contributed by atoms with van der Waals surface area (Å²) < 4.78 is 18.5. The van der Waals surface area contributed by atoms with Crippen molar-refractivity contribution < 1.29 is 23.5 Å². The highest BCUT2D eigenvalue weighted by Crippen LogP contribution is 2.65. The van der Waals surface area contributed by atoms with Gasteiger partial charge in [0.25, 0.3) is 0 Å². The van der Waals surface area contributed by atoms with E-state index in [1.165, 1.54) is 29.2 Å². The Morgan fingerprint density at radius 1 is 0.903 bits per heavy atom. The zero-order valence-electron chi connectivity index (χ0n) is 16.6. The maximum atomic E-state index is 13.2. The summed E-state index contributed by atoms with van der Waals surface area (Å²) in [5.74, 6) is 0.677. The Balaban J connectivity index is 1.16. The first-order chi connectivity index (χ1) is 15.0. The van der Waals surface area contributed by atoms with Crippen molar-refractivity contribution in [3.05, 3.63) is 72.1 Å². The highest BCUT2D eigenvalue weighted by molar-refractivity contribution is 6.22. The van der Waals surface area contributed by atoms with Crippen LogP contribution in [0.15, 0.2) is 60.7 Å². The van der Waals surface area contributed by atoms with E-state index in [-0.39, 0.29) is 47.9 Å². The molecule has 2 aromatic carbocycles. The van der Waals surface area contributed by atoms with Crippen molar-refractivity contribution in [3.8, 4) is 5.75 Å². The minimum Gasteiger partial charge on any atom is -0.485 e. The number of ketones is 1. The van der Waals surface area contributed by atoms with Crippen LogP contribution in [0, 0.1) is 41.3 Å². The first-order valence-corrected chi connectivity index (χ1v) is 10.6. The molecule has 0 spiro atoms. The number of hydrogen-bond donors (Lipinski definition) is 0. The van der Waals surface area contributed by atoms with Gasteiger partial charge in [0.05, 0.1) is 17.5 Å². The lowest BCUT2D eigenvalue weighted by Crippen LogP contribution is -2.40. The molecule has 5 nitrogen and oxygen atoms in total. The Labute approximate surface area is 178 Å². The molecule has 0 aromatic heterocycles. The van der Waals surface area contributed by atoms with Gasteiger partial charge in [0.15, 0.2) is 12.4 Å². The Morgan fingerprint density at radius 2 is 1.48 bits per heavy atom. The largest absolute Gasteiger partial charge is 0.485 e. The first-order valence-electron chi connectivity index (χ1n) is 10.6. The van der Waals surface area contributed by atoms with Gasteiger partial charge in [-0.25, -0.2) is 4.39 Å². The normalized spacial score (nSPS) is 32.1. The van der Waals surface area contributed by atoms with Crippen molar-refractivity contribution in [1.82, 2.24) is 0 Å². The number of carbonyl (C=O) groups excluding carboxylic acids is 3. The molecule has 0 unspecified atom stereocenters. The van der Waals surface area contributed by atoms with Crippen LogP contribution in [0.5, 0.6) is 5.75 Å². The third kappa shape index (κ3) is 2.77. The molecule has 1 aliphatic heterocycles. The van der Waals surface area contributed by atoms with Gasteiger partial charge in [0.2, 0.25) is 11.8 Å². The molecule has 7 rings (SSSR count). The maximum Gasteiger partial charge on any atom is 0.238 e. The molecule has 1 saturated heterocycles. The number of imide groups is 1. The molecule has 2 aromatic rings. The van der Waals surface area contributed by atoms with Gasteiger partial charge >= 0.3 is 0 Å². The van der Waals surface area contributed by atoms with Crippen LogP contribution >= 0.6 is 0 Å². The second kappa shape index (κ2) is 6.61. The van der Waals surface area contributed by atoms with Gasteiger partial charge in [0.1, 0.15) is 11.6 Å². The highest BCUT2D eigenvalue weighted by atomic mass is 19.1. The summed E-state index contributed by atoms with van der Waals surface area (Å²) in [5, 5.41) is 0. The molecule has 5 aliphatic rings. The van der Waals surface area contributed by atoms with E-state index >= 15 is 0 Å². The average molecular weight is 417 g/mol. The van der Waals surface area contributed by atoms with Gasteiger partial charge in [-0.2, -0.15) is 0 Å². The molecule has 0 N–H and O–H groups in total. The number of Topliss-reactive ketones (excluding diaryl/α,β-unsaturated/α-hetero) is 1. The van der Waals surface area contributed by atoms with Crippen molar-refractivity contribution in [2.75, 3.05) is 11.5 Å². The lowest BCUT2D eigenvalue weighted by Gasteiger charge is -2.37. The molecular weight excluding hydrogens is 397 g/mol. The number of allylic oxidation sites excluding steroid dienone is 2. The van der Waals surface area contributed by atoms with E-state index in [2.05, 4.69) is 12.2 Å². The molecule has 3 fully saturated rings. The fourth-order valence-corrected chi connectivity index (χ4v) is 5.77. The molecule has 2 amide bonds. The smallest absolute Gasteiger partial charge is 0.238 e. The van der Waals surface area contributed by atoms with E-state index in [0.717, 1.165) is 6.42 Å². The van der Waals surface area contributed by atoms with Crippen molar-refractivity contribution in [3.63, 3.8) is 0 Å². The number of carbonyl (C=O) groups is 3. The van der Waals surface area contributed by atoms with Crippen LogP contribution in [-0.2, 0) is 9.59 Å². The van der Waals surface area contributed by atoms with Crippen LogP contribution in [-0.4, -0.2) is 24.2 Å². The Bertz CT molecular complexity index is 1090. The summed E-state index contributed by atoms with van der Waals surface area (Å²) in [4.78, 5) is 39.8. The zero-order valence-corrected chi connectivity index (χ0v) is 16.6. The quantitative estimate of drug-likeness (QED) is 0.423. The zero-order chi connectivity index (χ0) is 21.3. The van der Waals surface area contributed by atoms with E-state index in [4.69, 9.17) is 4.74 Å². The van der Waals surface area contributed by atoms with E-state index in [1.807, 2.05) is 0 Å². The summed E-state index contributed by atoms with van der Waals surface area (Å²) in [7, 11) is 0. The summed E-state index contributed by atoms with van der Waals surface area (Å²) in [6.07, 6.45) is 5.45. The molecule has 31 heavy (non-hydrogen) atoms. The predicted molar refractivity (Wildman–Crippen MR) is 110 cm³/mol. The Morgan fingerprint density at radius 3 is 2.06 bits per heavy atom. The number of ether oxygens (including phenoxy) is 1. The number of rotatable bonds is 5. The Kier molecular flexibility index (Phi) is 3.94. The van der Waals surface area contributed by atoms with Gasteiger partial charge < -0.3 is 4.74 Å². The molecule has 6 atom stereocenters. The standard InChI is InChI=1S/C25H20FNO4/c26-14-3-1-13(2-4-14)21(28)12-31-16-7-5-15(6-8-16)27-24(29)22-17-9-10-18(20-11-19(17)20)23(22)25(27)30/h1-10,17-20,22-23H,11-12H2/t17-,18-,19-,20-,22+,23+/m0/s1. The van der Waals surface area contributed by atoms with Crippen molar-refractivity contribution in [2.24, 2.45) is 35.5 Å². The summed E-state index contributed by atoms with van der Waals surface area (Å²) in [6, 6.07) is 12.0. The monoisotopic (exact) mass is 417 g/mol. The van der Waals surface area contributed by atoms with Gasteiger partial charge in [-0.05, 0) is 78.6 Å². The van der Waals surface area contributed by atoms with E-state index in [1.54, 1.807) is 24.3 Å². The third-order valence-electron chi connectivity index (χ3n) is 7.29. The highest BCUT2D eigenvalue weighted by Gasteiger charge is 2.67. The lowest BCUT2D eigenvalue weighted by molar-refractivity contribution is -0.124. The molecule has 2 bridgehead atoms. The van der Waals surface area contributed by atoms with Crippen LogP contribution in [0.25, 0.3) is 0 Å². The molecule has 0 radical (unpaired) electrons. The van der Waals surface area contributed by atoms with Gasteiger partial charge in [0, 0.05) is 5.56 Å². The number of nitrogens with zero attached hydrogens (tertiary/aromatic N) is 1. The van der Waals surface area contributed by atoms with Gasteiger partial charge in [-0.1, -0.05) is 12.2 Å². The van der Waals surface area contributed by atoms with E-state index < -0.39 is 5.82 Å². The Hall–Kier alpha value is -3.28. The first kappa shape index (κ1) is 18.5. The lowest BCUT2D eigenvalue weighted by atomic mass is 9.63. The topological polar surface area (TPSA) is 63.7 Å². The van der Waals surface area contributed by atoms with Crippen molar-refractivity contribution in [2.45, 2.75) is 6.42 Å². The van der Waals surface area contributed by atoms with Crippen LogP contribution in [0.3, 0.4) is 0 Å². The third-order valence-corrected chi connectivity index (χ3v) is 7.29. The minimum atomic E-state index is -0.403. The fourth-order valence-electron chi connectivity index (χ4n) is 5.77. The predicted octanol–water partition coefficient (Wildman–Crippen LogP) is 3.64. The molecule has 1 heterocycles. The number of anilines is 1. The summed E-state index contributed by atoms with van der Waals surface area (Å²) in [6.45, 7) is -0.186. The SMILES string of the molecule is O=C(COc1ccc(N2C(=O)[C@@H]3[C@H]4C=C[C@@H]([C@@H]5C[C@@H]45)[C@H]3C2=O)cc1)c1ccc(F)cc1. The molecule has 2 saturated carbocycles. The number of halogens is 1. The van der Waals surface area contributed by atoms with Gasteiger partial charge in [-0.15, -0.1) is 0 Å². The van der Waals surface area contributed by atoms with E-state index in [0.29, 0.717) is 28.8 Å². The van der Waals surface area contributed by atoms with Crippen molar-refractivity contribution in [1.29, 1.82) is 0 Å². The van der Waals surface area contributed by atoms with Crippen LogP contribution in [0.1, 0.15) is 16.8 Å². The fraction of sp³-hybridized carbons (Fsp3) is 0.320. The summed E-state index contributed by atoms with van der Waals surface area (Å²) in [5.41, 5.74) is 0.907. The van der Waals surface area contributed by atoms with Crippen LogP contribution < -0.4 is 9.64 Å². The molecule has 156 valence electrons. The van der Waals surface area contributed by atoms with Crippen LogP contribution in [0.4, 0.5) is 10.1 Å². The maximum absolute atomic E-state index is 13.2. The van der Waals surface area contributed by atoms with Gasteiger partial charge in [-0.3, -0.25) is 19.3 Å². The average Bonchev–Trinajstić information content (AvgIpc) is 3.56. The number of benzene rings is 2. The van der Waals surface area contributed by atoms with Crippen LogP contribution in [0.2, 0.25) is 0 Å². The molecule has 4 aliphatic carbocycles. The second-order valence-corrected chi connectivity index (χ2v) is 8.88. The summed E-state index contributed by atoms with van der Waals surface area (Å²) >= 11 is 0. The molecular formula is C25H20FNO4. The second-order valence-electron chi connectivity index (χ2n) is 8.88.